The largest absolute Gasteiger partial charge is 0.478 e. The Kier molecular flexibility index (Phi) is 3.79. The summed E-state index contributed by atoms with van der Waals surface area (Å²) >= 11 is 0. The average molecular weight is 291 g/mol. The smallest absolute Gasteiger partial charge is 0.337 e. The number of benzene rings is 1. The molecule has 0 spiro atoms. The van der Waals surface area contributed by atoms with Crippen molar-refractivity contribution in [3.63, 3.8) is 0 Å². The lowest BCUT2D eigenvalue weighted by atomic mass is 10.2. The second-order valence-electron chi connectivity index (χ2n) is 4.16. The zero-order valence-corrected chi connectivity index (χ0v) is 10.9. The van der Waals surface area contributed by atoms with Crippen molar-refractivity contribution in [3.05, 3.63) is 58.0 Å². The summed E-state index contributed by atoms with van der Waals surface area (Å²) < 4.78 is 12.9. The van der Waals surface area contributed by atoms with Crippen LogP contribution in [0, 0.1) is 15.9 Å². The van der Waals surface area contributed by atoms with Crippen LogP contribution in [0.25, 0.3) is 0 Å². The molecule has 0 atom stereocenters. The molecule has 1 aromatic carbocycles. The molecule has 1 N–H and O–H groups in total. The molecule has 0 bridgehead atoms. The first-order valence-electron chi connectivity index (χ1n) is 5.77. The molecule has 1 aromatic heterocycles. The highest BCUT2D eigenvalue weighted by Crippen LogP contribution is 2.30. The van der Waals surface area contributed by atoms with Gasteiger partial charge in [0.05, 0.1) is 10.5 Å². The van der Waals surface area contributed by atoms with Crippen molar-refractivity contribution in [2.45, 2.75) is 0 Å². The monoisotopic (exact) mass is 291 g/mol. The van der Waals surface area contributed by atoms with Gasteiger partial charge in [-0.15, -0.1) is 0 Å². The molecule has 2 aromatic rings. The van der Waals surface area contributed by atoms with Gasteiger partial charge in [-0.25, -0.2) is 14.2 Å². The summed E-state index contributed by atoms with van der Waals surface area (Å²) in [5.41, 5.74) is -0.241. The fraction of sp³-hybridized carbons (Fsp3) is 0.0769. The van der Waals surface area contributed by atoms with Crippen molar-refractivity contribution in [2.75, 3.05) is 11.9 Å². The van der Waals surface area contributed by atoms with Crippen molar-refractivity contribution in [2.24, 2.45) is 0 Å². The maximum atomic E-state index is 12.9. The maximum absolute atomic E-state index is 12.9. The van der Waals surface area contributed by atoms with Gasteiger partial charge in [0.15, 0.2) is 0 Å². The Morgan fingerprint density at radius 3 is 2.52 bits per heavy atom. The number of aromatic carboxylic acids is 1. The van der Waals surface area contributed by atoms with E-state index in [2.05, 4.69) is 4.98 Å². The van der Waals surface area contributed by atoms with E-state index in [1.54, 1.807) is 0 Å². The molecule has 1 heterocycles. The number of anilines is 2. The van der Waals surface area contributed by atoms with E-state index in [-0.39, 0.29) is 11.4 Å². The first-order valence-corrected chi connectivity index (χ1v) is 5.77. The number of hydrogen-bond donors (Lipinski definition) is 1. The summed E-state index contributed by atoms with van der Waals surface area (Å²) in [7, 11) is 1.52. The van der Waals surface area contributed by atoms with Gasteiger partial charge in [0, 0.05) is 25.0 Å². The number of rotatable bonds is 4. The lowest BCUT2D eigenvalue weighted by molar-refractivity contribution is -0.384. The van der Waals surface area contributed by atoms with Gasteiger partial charge in [-0.05, 0) is 24.3 Å². The molecular formula is C13H10FN3O4. The summed E-state index contributed by atoms with van der Waals surface area (Å²) in [4.78, 5) is 26.4. The minimum Gasteiger partial charge on any atom is -0.478 e. The summed E-state index contributed by atoms with van der Waals surface area (Å²) in [6, 6.07) is 6.23. The second-order valence-corrected chi connectivity index (χ2v) is 4.16. The van der Waals surface area contributed by atoms with Gasteiger partial charge >= 0.3 is 11.7 Å². The molecule has 0 unspecified atom stereocenters. The number of pyridine rings is 1. The summed E-state index contributed by atoms with van der Waals surface area (Å²) in [5.74, 6) is -1.77. The van der Waals surface area contributed by atoms with E-state index in [0.717, 1.165) is 12.3 Å². The van der Waals surface area contributed by atoms with Crippen molar-refractivity contribution in [1.29, 1.82) is 0 Å². The zero-order chi connectivity index (χ0) is 15.6. The van der Waals surface area contributed by atoms with E-state index < -0.39 is 22.4 Å². The Balaban J connectivity index is 2.49. The zero-order valence-electron chi connectivity index (χ0n) is 10.9. The third-order valence-electron chi connectivity index (χ3n) is 2.82. The van der Waals surface area contributed by atoms with Gasteiger partial charge in [0.2, 0.25) is 5.82 Å². The molecule has 0 fully saturated rings. The van der Waals surface area contributed by atoms with Crippen LogP contribution in [-0.4, -0.2) is 28.0 Å². The molecular weight excluding hydrogens is 281 g/mol. The third-order valence-corrected chi connectivity index (χ3v) is 2.82. The molecule has 0 saturated heterocycles. The van der Waals surface area contributed by atoms with Crippen LogP contribution in [0.2, 0.25) is 0 Å². The maximum Gasteiger partial charge on any atom is 0.337 e. The number of halogens is 1. The number of nitro groups is 1. The van der Waals surface area contributed by atoms with Crippen LogP contribution < -0.4 is 4.90 Å². The van der Waals surface area contributed by atoms with Crippen LogP contribution in [-0.2, 0) is 0 Å². The molecule has 0 aliphatic rings. The first kappa shape index (κ1) is 14.4. The predicted octanol–water partition coefficient (Wildman–Crippen LogP) is 2.60. The number of carboxylic acids is 1. The van der Waals surface area contributed by atoms with Gasteiger partial charge in [-0.1, -0.05) is 0 Å². The molecule has 7 nitrogen and oxygen atoms in total. The fourth-order valence-corrected chi connectivity index (χ4v) is 1.74. The van der Waals surface area contributed by atoms with Crippen LogP contribution >= 0.6 is 0 Å². The van der Waals surface area contributed by atoms with E-state index >= 15 is 0 Å². The number of nitrogens with zero attached hydrogens (tertiary/aromatic N) is 3. The standard InChI is InChI=1S/C13H10FN3O4/c1-16(10-4-2-9(14)3-5-10)12-11(17(20)21)6-8(7-15-12)13(18)19/h2-7H,1H3,(H,18,19). The van der Waals surface area contributed by atoms with Gasteiger partial charge in [0.1, 0.15) is 5.82 Å². The van der Waals surface area contributed by atoms with E-state index in [1.165, 1.54) is 36.2 Å². The van der Waals surface area contributed by atoms with Crippen LogP contribution in [0.3, 0.4) is 0 Å². The van der Waals surface area contributed by atoms with Gasteiger partial charge in [0.25, 0.3) is 0 Å². The van der Waals surface area contributed by atoms with Crippen LogP contribution in [0.1, 0.15) is 10.4 Å². The van der Waals surface area contributed by atoms with E-state index in [9.17, 15) is 19.3 Å². The normalized spacial score (nSPS) is 10.2. The Morgan fingerprint density at radius 1 is 1.38 bits per heavy atom. The summed E-state index contributed by atoms with van der Waals surface area (Å²) in [6.45, 7) is 0. The SMILES string of the molecule is CN(c1ccc(F)cc1)c1ncc(C(=O)O)cc1[N+](=O)[O-]. The second kappa shape index (κ2) is 5.53. The molecule has 0 aliphatic heterocycles. The van der Waals surface area contributed by atoms with Crippen molar-refractivity contribution < 1.29 is 19.2 Å². The third kappa shape index (κ3) is 2.94. The van der Waals surface area contributed by atoms with Crippen molar-refractivity contribution in [1.82, 2.24) is 4.98 Å². The molecule has 0 saturated carbocycles. The Morgan fingerprint density at radius 2 is 2.00 bits per heavy atom. The Bertz CT molecular complexity index is 703. The lowest BCUT2D eigenvalue weighted by Crippen LogP contribution is -2.14. The first-order chi connectivity index (χ1) is 9.90. The average Bonchev–Trinajstić information content (AvgIpc) is 2.46. The summed E-state index contributed by atoms with van der Waals surface area (Å²) in [5, 5.41) is 19.9. The van der Waals surface area contributed by atoms with Gasteiger partial charge < -0.3 is 10.0 Å². The molecule has 21 heavy (non-hydrogen) atoms. The number of aromatic nitrogens is 1. The van der Waals surface area contributed by atoms with E-state index in [1.807, 2.05) is 0 Å². The molecule has 0 aliphatic carbocycles. The highest BCUT2D eigenvalue weighted by Gasteiger charge is 2.22. The van der Waals surface area contributed by atoms with Gasteiger partial charge in [-0.2, -0.15) is 0 Å². The summed E-state index contributed by atoms with van der Waals surface area (Å²) in [6.07, 6.45) is 1.03. The minimum atomic E-state index is -1.30. The number of hydrogen-bond acceptors (Lipinski definition) is 5. The fourth-order valence-electron chi connectivity index (χ4n) is 1.74. The van der Waals surface area contributed by atoms with Crippen molar-refractivity contribution >= 4 is 23.2 Å². The molecule has 108 valence electrons. The Labute approximate surface area is 118 Å². The Hall–Kier alpha value is -3.03. The molecule has 0 radical (unpaired) electrons. The van der Waals surface area contributed by atoms with Crippen LogP contribution in [0.4, 0.5) is 21.6 Å². The molecule has 8 heteroatoms. The predicted molar refractivity (Wildman–Crippen MR) is 72.3 cm³/mol. The number of carbonyl (C=O) groups is 1. The molecule has 2 rings (SSSR count). The van der Waals surface area contributed by atoms with E-state index in [4.69, 9.17) is 5.11 Å². The quantitative estimate of drug-likeness (QED) is 0.687. The lowest BCUT2D eigenvalue weighted by Gasteiger charge is -2.18. The minimum absolute atomic E-state index is 0.0309. The van der Waals surface area contributed by atoms with Crippen LogP contribution in [0.15, 0.2) is 36.5 Å². The number of carboxylic acid groups (broad SMARTS) is 1. The highest BCUT2D eigenvalue weighted by molar-refractivity contribution is 5.89. The topological polar surface area (TPSA) is 96.6 Å². The highest BCUT2D eigenvalue weighted by atomic mass is 19.1. The van der Waals surface area contributed by atoms with E-state index in [0.29, 0.717) is 5.69 Å². The van der Waals surface area contributed by atoms with Crippen molar-refractivity contribution in [3.8, 4) is 0 Å². The van der Waals surface area contributed by atoms with Crippen LogP contribution in [0.5, 0.6) is 0 Å². The van der Waals surface area contributed by atoms with Gasteiger partial charge in [-0.3, -0.25) is 10.1 Å². The molecule has 0 amide bonds.